The molecular formula is C13H12F6N-. The average Bonchev–Trinajstić information content (AvgIpc) is 3.12. The van der Waals surface area contributed by atoms with Gasteiger partial charge in [-0.05, 0) is 18.2 Å². The summed E-state index contributed by atoms with van der Waals surface area (Å²) in [7, 11) is 1.41. The van der Waals surface area contributed by atoms with Crippen LogP contribution in [0, 0.1) is 5.92 Å². The predicted molar refractivity (Wildman–Crippen MR) is 61.2 cm³/mol. The van der Waals surface area contributed by atoms with Crippen LogP contribution in [-0.4, -0.2) is 7.05 Å². The minimum Gasteiger partial charge on any atom is -0.658 e. The second-order valence-corrected chi connectivity index (χ2v) is 4.88. The Morgan fingerprint density at radius 1 is 0.950 bits per heavy atom. The van der Waals surface area contributed by atoms with Crippen molar-refractivity contribution in [1.29, 1.82) is 0 Å². The molecule has 0 aromatic heterocycles. The standard InChI is InChI=1S/C13H12F6N/c1-20-11(7-2-3-7)8-4-9(12(14,15)16)6-10(5-8)13(17,18)19/h4-7,11H,2-3H2,1H3/q-1. The molecule has 1 aliphatic carbocycles. The number of hydrogen-bond acceptors (Lipinski definition) is 0. The largest absolute Gasteiger partial charge is 0.658 e. The van der Waals surface area contributed by atoms with Crippen molar-refractivity contribution in [3.8, 4) is 0 Å². The summed E-state index contributed by atoms with van der Waals surface area (Å²) in [6.07, 6.45) is -8.06. The zero-order chi connectivity index (χ0) is 15.1. The molecule has 112 valence electrons. The van der Waals surface area contributed by atoms with E-state index in [2.05, 4.69) is 5.32 Å². The molecule has 1 aliphatic rings. The molecule has 0 amide bonds. The van der Waals surface area contributed by atoms with Gasteiger partial charge in [-0.3, -0.25) is 0 Å². The Balaban J connectivity index is 2.50. The number of nitrogens with zero attached hydrogens (tertiary/aromatic N) is 1. The van der Waals surface area contributed by atoms with Crippen molar-refractivity contribution >= 4 is 0 Å². The van der Waals surface area contributed by atoms with Crippen molar-refractivity contribution in [2.75, 3.05) is 7.05 Å². The van der Waals surface area contributed by atoms with Crippen LogP contribution in [0.5, 0.6) is 0 Å². The zero-order valence-corrected chi connectivity index (χ0v) is 10.5. The third kappa shape index (κ3) is 3.26. The van der Waals surface area contributed by atoms with Crippen molar-refractivity contribution in [3.63, 3.8) is 0 Å². The molecule has 1 unspecified atom stereocenters. The highest BCUT2D eigenvalue weighted by Crippen LogP contribution is 2.47. The van der Waals surface area contributed by atoms with Crippen LogP contribution in [0.15, 0.2) is 18.2 Å². The molecule has 1 saturated carbocycles. The molecule has 0 N–H and O–H groups in total. The summed E-state index contributed by atoms with van der Waals surface area (Å²) in [6, 6.07) is 1.08. The Kier molecular flexibility index (Phi) is 3.75. The van der Waals surface area contributed by atoms with Gasteiger partial charge in [0.15, 0.2) is 0 Å². The lowest BCUT2D eigenvalue weighted by atomic mass is 9.97. The Morgan fingerprint density at radius 2 is 1.40 bits per heavy atom. The van der Waals surface area contributed by atoms with Gasteiger partial charge < -0.3 is 5.32 Å². The lowest BCUT2D eigenvalue weighted by Crippen LogP contribution is -2.13. The highest BCUT2D eigenvalue weighted by atomic mass is 19.4. The Bertz CT molecular complexity index is 454. The quantitative estimate of drug-likeness (QED) is 0.682. The fourth-order valence-corrected chi connectivity index (χ4v) is 2.19. The molecule has 2 rings (SSSR count). The van der Waals surface area contributed by atoms with E-state index in [4.69, 9.17) is 0 Å². The van der Waals surface area contributed by atoms with Gasteiger partial charge >= 0.3 is 12.4 Å². The van der Waals surface area contributed by atoms with E-state index < -0.39 is 29.5 Å². The normalized spacial score (nSPS) is 18.1. The van der Waals surface area contributed by atoms with Gasteiger partial charge in [0.2, 0.25) is 0 Å². The van der Waals surface area contributed by atoms with Crippen LogP contribution in [0.1, 0.15) is 35.6 Å². The number of rotatable bonds is 3. The summed E-state index contributed by atoms with van der Waals surface area (Å²) in [5.74, 6) is 0.0459. The number of benzene rings is 1. The summed E-state index contributed by atoms with van der Waals surface area (Å²) in [5, 5.41) is 3.93. The lowest BCUT2D eigenvalue weighted by Gasteiger charge is -2.30. The van der Waals surface area contributed by atoms with Crippen LogP contribution in [0.25, 0.3) is 5.32 Å². The fraction of sp³-hybridized carbons (Fsp3) is 0.538. The van der Waals surface area contributed by atoms with Gasteiger partial charge in [0.1, 0.15) is 0 Å². The van der Waals surface area contributed by atoms with Gasteiger partial charge in [-0.2, -0.15) is 33.4 Å². The van der Waals surface area contributed by atoms with Crippen molar-refractivity contribution in [3.05, 3.63) is 40.2 Å². The van der Waals surface area contributed by atoms with Crippen LogP contribution >= 0.6 is 0 Å². The van der Waals surface area contributed by atoms with E-state index in [9.17, 15) is 26.3 Å². The molecule has 0 bridgehead atoms. The summed E-state index contributed by atoms with van der Waals surface area (Å²) >= 11 is 0. The molecule has 0 radical (unpaired) electrons. The molecule has 1 fully saturated rings. The van der Waals surface area contributed by atoms with E-state index in [1.807, 2.05) is 0 Å². The van der Waals surface area contributed by atoms with Gasteiger partial charge in [-0.15, -0.1) is 6.04 Å². The van der Waals surface area contributed by atoms with Crippen LogP contribution in [-0.2, 0) is 12.4 Å². The Labute approximate surface area is 112 Å². The summed E-state index contributed by atoms with van der Waals surface area (Å²) in [6.45, 7) is 0. The Hall–Kier alpha value is -1.24. The molecule has 20 heavy (non-hydrogen) atoms. The van der Waals surface area contributed by atoms with Crippen LogP contribution < -0.4 is 0 Å². The third-order valence-electron chi connectivity index (χ3n) is 3.30. The average molecular weight is 296 g/mol. The third-order valence-corrected chi connectivity index (χ3v) is 3.30. The molecule has 1 aromatic rings. The van der Waals surface area contributed by atoms with E-state index in [1.54, 1.807) is 0 Å². The molecule has 0 heterocycles. The summed E-state index contributed by atoms with van der Waals surface area (Å²) < 4.78 is 76.3. The molecule has 7 heteroatoms. The molecule has 0 spiro atoms. The molecule has 1 atom stereocenters. The van der Waals surface area contributed by atoms with Gasteiger partial charge in [-0.1, -0.05) is 24.3 Å². The van der Waals surface area contributed by atoms with E-state index in [1.165, 1.54) is 7.05 Å². The van der Waals surface area contributed by atoms with E-state index in [0.717, 1.165) is 25.0 Å². The minimum absolute atomic E-state index is 0.0165. The second-order valence-electron chi connectivity index (χ2n) is 4.88. The molecule has 1 nitrogen and oxygen atoms in total. The van der Waals surface area contributed by atoms with Crippen molar-refractivity contribution in [2.45, 2.75) is 31.2 Å². The smallest absolute Gasteiger partial charge is 0.416 e. The van der Waals surface area contributed by atoms with Gasteiger partial charge in [0.05, 0.1) is 11.1 Å². The highest BCUT2D eigenvalue weighted by Gasteiger charge is 2.38. The van der Waals surface area contributed by atoms with E-state index in [0.29, 0.717) is 0 Å². The van der Waals surface area contributed by atoms with Crippen LogP contribution in [0.2, 0.25) is 0 Å². The summed E-state index contributed by atoms with van der Waals surface area (Å²) in [4.78, 5) is 0. The van der Waals surface area contributed by atoms with Crippen molar-refractivity contribution in [1.82, 2.24) is 0 Å². The fourth-order valence-electron chi connectivity index (χ4n) is 2.19. The van der Waals surface area contributed by atoms with Gasteiger partial charge in [0, 0.05) is 0 Å². The highest BCUT2D eigenvalue weighted by molar-refractivity contribution is 5.37. The first-order chi connectivity index (χ1) is 9.13. The predicted octanol–water partition coefficient (Wildman–Crippen LogP) is 5.18. The molecule has 0 aliphatic heterocycles. The van der Waals surface area contributed by atoms with Gasteiger partial charge in [-0.25, -0.2) is 0 Å². The lowest BCUT2D eigenvalue weighted by molar-refractivity contribution is -0.143. The maximum Gasteiger partial charge on any atom is 0.416 e. The number of alkyl halides is 6. The van der Waals surface area contributed by atoms with Crippen molar-refractivity contribution < 1.29 is 26.3 Å². The first kappa shape index (κ1) is 15.2. The van der Waals surface area contributed by atoms with Crippen LogP contribution in [0.4, 0.5) is 26.3 Å². The van der Waals surface area contributed by atoms with E-state index >= 15 is 0 Å². The topological polar surface area (TPSA) is 14.1 Å². The zero-order valence-electron chi connectivity index (χ0n) is 10.5. The Morgan fingerprint density at radius 3 is 1.70 bits per heavy atom. The maximum absolute atomic E-state index is 12.7. The maximum atomic E-state index is 12.7. The minimum atomic E-state index is -4.81. The number of hydrogen-bond donors (Lipinski definition) is 0. The first-order valence-electron chi connectivity index (χ1n) is 6.01. The van der Waals surface area contributed by atoms with Gasteiger partial charge in [0.25, 0.3) is 0 Å². The summed E-state index contributed by atoms with van der Waals surface area (Å²) in [5.41, 5.74) is -2.58. The SMILES string of the molecule is C[N-]C(c1cc(C(F)(F)F)cc(C(F)(F)F)c1)C1CC1. The van der Waals surface area contributed by atoms with Crippen molar-refractivity contribution in [2.24, 2.45) is 5.92 Å². The van der Waals surface area contributed by atoms with Crippen LogP contribution in [0.3, 0.4) is 0 Å². The first-order valence-corrected chi connectivity index (χ1v) is 6.01. The molecular weight excluding hydrogens is 284 g/mol. The van der Waals surface area contributed by atoms with E-state index in [-0.39, 0.29) is 17.5 Å². The monoisotopic (exact) mass is 296 g/mol. The second kappa shape index (κ2) is 4.95. The molecule has 1 aromatic carbocycles. The molecule has 0 saturated heterocycles. The number of halogens is 6.